The molecule has 0 saturated carbocycles. The lowest BCUT2D eigenvalue weighted by atomic mass is 9.85. The molecule has 2 aromatic heterocycles. The molecule has 0 aliphatic heterocycles. The molecule has 72 valence electrons. The molecule has 2 heterocycles. The Hall–Kier alpha value is -1.47. The second kappa shape index (κ2) is 3.04. The molecule has 14 heavy (non-hydrogen) atoms. The minimum Gasteiger partial charge on any atom is -0.422 e. The number of hydrogen-bond donors (Lipinski definition) is 2. The first-order valence-electron chi connectivity index (χ1n) is 4.15. The normalized spacial score (nSPS) is 10.9. The predicted molar refractivity (Wildman–Crippen MR) is 50.1 cm³/mol. The van der Waals surface area contributed by atoms with Gasteiger partial charge in [0.05, 0.1) is 5.59 Å². The van der Waals surface area contributed by atoms with Crippen molar-refractivity contribution in [2.24, 2.45) is 0 Å². The van der Waals surface area contributed by atoms with E-state index in [1.54, 1.807) is 13.0 Å². The van der Waals surface area contributed by atoms with Gasteiger partial charge in [-0.1, -0.05) is 0 Å². The van der Waals surface area contributed by atoms with E-state index in [1.807, 2.05) is 6.92 Å². The maximum absolute atomic E-state index is 8.95. The van der Waals surface area contributed by atoms with Crippen molar-refractivity contribution in [2.45, 2.75) is 13.8 Å². The monoisotopic (exact) mass is 192 g/mol. The maximum atomic E-state index is 8.95. The van der Waals surface area contributed by atoms with E-state index in [2.05, 4.69) is 15.2 Å². The third kappa shape index (κ3) is 1.36. The molecule has 0 radical (unpaired) electrons. The summed E-state index contributed by atoms with van der Waals surface area (Å²) in [6.07, 6.45) is 0. The molecule has 2 N–H and O–H groups in total. The fourth-order valence-electron chi connectivity index (χ4n) is 1.27. The molecule has 0 unspecified atom stereocenters. The summed E-state index contributed by atoms with van der Waals surface area (Å²) in [5, 5.41) is 25.8. The lowest BCUT2D eigenvalue weighted by Crippen LogP contribution is -2.34. The largest absolute Gasteiger partial charge is 0.510 e. The summed E-state index contributed by atoms with van der Waals surface area (Å²) >= 11 is 0. The maximum Gasteiger partial charge on any atom is 0.510 e. The summed E-state index contributed by atoms with van der Waals surface area (Å²) in [6.45, 7) is 3.57. The summed E-state index contributed by atoms with van der Waals surface area (Å²) in [5.41, 5.74) is 1.61. The molecule has 0 aliphatic carbocycles. The third-order valence-electron chi connectivity index (χ3n) is 1.89. The standard InChI is InChI=1S/C7H9BN4O2/c1-4-3-6(8(13)14)11-12-7(4)9-5(2)10-12/h3,13-14H,1-2H3. The predicted octanol–water partition coefficient (Wildman–Crippen LogP) is -1.58. The van der Waals surface area contributed by atoms with Crippen molar-refractivity contribution in [3.8, 4) is 0 Å². The Morgan fingerprint density at radius 3 is 2.64 bits per heavy atom. The second-order valence-electron chi connectivity index (χ2n) is 3.10. The van der Waals surface area contributed by atoms with Gasteiger partial charge >= 0.3 is 7.12 Å². The molecule has 0 spiro atoms. The Bertz CT molecular complexity index is 482. The molecule has 0 amide bonds. The van der Waals surface area contributed by atoms with Gasteiger partial charge in [-0.3, -0.25) is 0 Å². The number of nitrogens with zero attached hydrogens (tertiary/aromatic N) is 4. The molecule has 0 bridgehead atoms. The van der Waals surface area contributed by atoms with Gasteiger partial charge in [-0.05, 0) is 25.5 Å². The topological polar surface area (TPSA) is 83.5 Å². The van der Waals surface area contributed by atoms with Gasteiger partial charge in [0.25, 0.3) is 0 Å². The Balaban J connectivity index is 2.71. The van der Waals surface area contributed by atoms with Crippen molar-refractivity contribution in [1.82, 2.24) is 19.8 Å². The lowest BCUT2D eigenvalue weighted by Gasteiger charge is -2.00. The molecule has 7 heteroatoms. The van der Waals surface area contributed by atoms with Crippen LogP contribution in [0.1, 0.15) is 11.4 Å². The van der Waals surface area contributed by atoms with E-state index in [0.29, 0.717) is 11.5 Å². The molecule has 0 atom stereocenters. The van der Waals surface area contributed by atoms with Gasteiger partial charge in [-0.15, -0.1) is 9.73 Å². The van der Waals surface area contributed by atoms with Crippen LogP contribution in [0.25, 0.3) is 5.65 Å². The summed E-state index contributed by atoms with van der Waals surface area (Å²) in [6, 6.07) is 1.58. The Morgan fingerprint density at radius 1 is 1.29 bits per heavy atom. The Morgan fingerprint density at radius 2 is 2.00 bits per heavy atom. The number of fused-ring (bicyclic) bond motifs is 1. The van der Waals surface area contributed by atoms with Crippen molar-refractivity contribution in [3.63, 3.8) is 0 Å². The minimum atomic E-state index is -1.58. The summed E-state index contributed by atoms with van der Waals surface area (Å²) in [5.74, 6) is 0.602. The zero-order chi connectivity index (χ0) is 10.3. The average molecular weight is 192 g/mol. The van der Waals surface area contributed by atoms with E-state index in [0.717, 1.165) is 5.56 Å². The minimum absolute atomic E-state index is 0.167. The quantitative estimate of drug-likeness (QED) is 0.532. The third-order valence-corrected chi connectivity index (χ3v) is 1.89. The van der Waals surface area contributed by atoms with Gasteiger partial charge in [0, 0.05) is 0 Å². The lowest BCUT2D eigenvalue weighted by molar-refractivity contribution is 0.423. The highest BCUT2D eigenvalue weighted by atomic mass is 16.4. The van der Waals surface area contributed by atoms with Crippen molar-refractivity contribution in [1.29, 1.82) is 0 Å². The van der Waals surface area contributed by atoms with E-state index >= 15 is 0 Å². The van der Waals surface area contributed by atoms with Crippen molar-refractivity contribution >= 4 is 18.4 Å². The van der Waals surface area contributed by atoms with Crippen LogP contribution in [0.3, 0.4) is 0 Å². The fraction of sp³-hybridized carbons (Fsp3) is 0.286. The van der Waals surface area contributed by atoms with Crippen LogP contribution in [-0.2, 0) is 0 Å². The highest BCUT2D eigenvalue weighted by Gasteiger charge is 2.16. The van der Waals surface area contributed by atoms with Crippen LogP contribution in [0.5, 0.6) is 0 Å². The molecule has 0 aromatic carbocycles. The Labute approximate surface area is 80.4 Å². The van der Waals surface area contributed by atoms with E-state index < -0.39 is 7.12 Å². The highest BCUT2D eigenvalue weighted by Crippen LogP contribution is 2.03. The molecular weight excluding hydrogens is 183 g/mol. The number of rotatable bonds is 1. The van der Waals surface area contributed by atoms with Crippen LogP contribution in [0, 0.1) is 13.8 Å². The number of aryl methyl sites for hydroxylation is 2. The first kappa shape index (κ1) is 9.10. The SMILES string of the molecule is Cc1nc2c(C)cc(B(O)O)nn2n1. The molecule has 0 saturated heterocycles. The van der Waals surface area contributed by atoms with Crippen molar-refractivity contribution in [2.75, 3.05) is 0 Å². The molecule has 0 aliphatic rings. The first-order chi connectivity index (χ1) is 6.58. The van der Waals surface area contributed by atoms with Crippen LogP contribution in [0.2, 0.25) is 0 Å². The van der Waals surface area contributed by atoms with Gasteiger partial charge in [-0.25, -0.2) is 4.98 Å². The van der Waals surface area contributed by atoms with Crippen LogP contribution < -0.4 is 5.59 Å². The van der Waals surface area contributed by atoms with Crippen LogP contribution >= 0.6 is 0 Å². The average Bonchev–Trinajstić information content (AvgIpc) is 2.45. The van der Waals surface area contributed by atoms with E-state index in [1.165, 1.54) is 4.63 Å². The van der Waals surface area contributed by atoms with Gasteiger partial charge in [0.2, 0.25) is 0 Å². The molecule has 0 fully saturated rings. The number of aromatic nitrogens is 4. The highest BCUT2D eigenvalue weighted by molar-refractivity contribution is 6.57. The van der Waals surface area contributed by atoms with E-state index in [-0.39, 0.29) is 5.59 Å². The van der Waals surface area contributed by atoms with Crippen LogP contribution in [0.4, 0.5) is 0 Å². The summed E-state index contributed by atoms with van der Waals surface area (Å²) in [4.78, 5) is 4.14. The Kier molecular flexibility index (Phi) is 1.97. The van der Waals surface area contributed by atoms with Gasteiger partial charge in [0.1, 0.15) is 5.82 Å². The fourth-order valence-corrected chi connectivity index (χ4v) is 1.27. The van der Waals surface area contributed by atoms with Gasteiger partial charge < -0.3 is 10.0 Å². The summed E-state index contributed by atoms with van der Waals surface area (Å²) < 4.78 is 1.30. The van der Waals surface area contributed by atoms with E-state index in [9.17, 15) is 0 Å². The van der Waals surface area contributed by atoms with Crippen molar-refractivity contribution in [3.05, 3.63) is 17.5 Å². The molecule has 2 aromatic rings. The van der Waals surface area contributed by atoms with Crippen molar-refractivity contribution < 1.29 is 10.0 Å². The summed E-state index contributed by atoms with van der Waals surface area (Å²) in [7, 11) is -1.58. The smallest absolute Gasteiger partial charge is 0.422 e. The molecule has 2 rings (SSSR count). The number of hydrogen-bond acceptors (Lipinski definition) is 5. The molecule has 6 nitrogen and oxygen atoms in total. The van der Waals surface area contributed by atoms with E-state index in [4.69, 9.17) is 10.0 Å². The first-order valence-corrected chi connectivity index (χ1v) is 4.15. The van der Waals surface area contributed by atoms with Gasteiger partial charge in [-0.2, -0.15) is 5.10 Å². The van der Waals surface area contributed by atoms with Crippen LogP contribution in [-0.4, -0.2) is 37.0 Å². The molecular formula is C7H9BN4O2. The van der Waals surface area contributed by atoms with Gasteiger partial charge in [0.15, 0.2) is 5.65 Å². The van der Waals surface area contributed by atoms with Crippen LogP contribution in [0.15, 0.2) is 6.07 Å². The second-order valence-corrected chi connectivity index (χ2v) is 3.10. The zero-order valence-corrected chi connectivity index (χ0v) is 7.84. The zero-order valence-electron chi connectivity index (χ0n) is 7.84.